The van der Waals surface area contributed by atoms with Crippen molar-refractivity contribution in [3.05, 3.63) is 59.4 Å². The molecule has 0 spiro atoms. The number of nitrogens with one attached hydrogen (secondary N) is 2. The molecule has 2 aliphatic rings. The van der Waals surface area contributed by atoms with Crippen molar-refractivity contribution >= 4 is 23.2 Å². The van der Waals surface area contributed by atoms with Crippen molar-refractivity contribution in [1.29, 1.82) is 0 Å². The van der Waals surface area contributed by atoms with Gasteiger partial charge in [-0.2, -0.15) is 0 Å². The molecular formula is C19H17FN2O2. The second-order valence-corrected chi connectivity index (χ2v) is 6.39. The third-order valence-electron chi connectivity index (χ3n) is 4.62. The number of fused-ring (bicyclic) bond motifs is 1. The maximum Gasteiger partial charge on any atom is 0.232 e. The molecule has 1 unspecified atom stereocenters. The first-order valence-electron chi connectivity index (χ1n) is 8.11. The molecule has 4 rings (SSSR count). The summed E-state index contributed by atoms with van der Waals surface area (Å²) < 4.78 is 13.7. The molecule has 122 valence electrons. The van der Waals surface area contributed by atoms with E-state index in [4.69, 9.17) is 0 Å². The topological polar surface area (TPSA) is 58.2 Å². The van der Waals surface area contributed by atoms with Gasteiger partial charge in [-0.15, -0.1) is 0 Å². The highest BCUT2D eigenvalue weighted by atomic mass is 19.1. The van der Waals surface area contributed by atoms with Crippen LogP contribution < -0.4 is 10.6 Å². The maximum atomic E-state index is 13.7. The summed E-state index contributed by atoms with van der Waals surface area (Å²) >= 11 is 0. The lowest BCUT2D eigenvalue weighted by Gasteiger charge is -2.10. The Morgan fingerprint density at radius 3 is 2.62 bits per heavy atom. The average Bonchev–Trinajstić information content (AvgIpc) is 3.36. The normalized spacial score (nSPS) is 18.9. The first-order valence-corrected chi connectivity index (χ1v) is 8.11. The molecule has 2 amide bonds. The number of carbonyl (C=O) groups is 2. The Bertz CT molecular complexity index is 813. The quantitative estimate of drug-likeness (QED) is 0.899. The van der Waals surface area contributed by atoms with Gasteiger partial charge < -0.3 is 10.6 Å². The van der Waals surface area contributed by atoms with Crippen LogP contribution in [-0.4, -0.2) is 11.8 Å². The Balaban J connectivity index is 1.44. The van der Waals surface area contributed by atoms with E-state index < -0.39 is 11.7 Å². The van der Waals surface area contributed by atoms with E-state index in [9.17, 15) is 14.0 Å². The standard InChI is InChI=1S/C19H17FN2O2/c20-16-3-1-2-14-15(19(24)22-18(14)16)10-17(23)21-13-8-6-12(7-9-13)11-4-5-11/h1-3,6-9,11,15H,4-5,10H2,(H,21,23)(H,22,24). The summed E-state index contributed by atoms with van der Waals surface area (Å²) in [6, 6.07) is 12.3. The van der Waals surface area contributed by atoms with Crippen molar-refractivity contribution in [1.82, 2.24) is 0 Å². The average molecular weight is 324 g/mol. The molecule has 2 aromatic rings. The Kier molecular flexibility index (Phi) is 3.56. The van der Waals surface area contributed by atoms with Crippen LogP contribution in [0.25, 0.3) is 0 Å². The van der Waals surface area contributed by atoms with Gasteiger partial charge in [0.15, 0.2) is 0 Å². The SMILES string of the molecule is O=C(CC1C(=O)Nc2c(F)cccc21)Nc1ccc(C2CC2)cc1. The molecule has 0 radical (unpaired) electrons. The first-order chi connectivity index (χ1) is 11.6. The van der Waals surface area contributed by atoms with Crippen molar-refractivity contribution in [2.75, 3.05) is 10.6 Å². The van der Waals surface area contributed by atoms with Crippen molar-refractivity contribution in [3.8, 4) is 0 Å². The summed E-state index contributed by atoms with van der Waals surface area (Å²) in [5.74, 6) is -1.05. The molecule has 1 aliphatic carbocycles. The minimum atomic E-state index is -0.651. The minimum absolute atomic E-state index is 0.00728. The summed E-state index contributed by atoms with van der Waals surface area (Å²) in [4.78, 5) is 24.3. The van der Waals surface area contributed by atoms with Gasteiger partial charge >= 0.3 is 0 Å². The maximum absolute atomic E-state index is 13.7. The van der Waals surface area contributed by atoms with Crippen LogP contribution in [0.5, 0.6) is 0 Å². The highest BCUT2D eigenvalue weighted by Crippen LogP contribution is 2.40. The molecule has 1 heterocycles. The van der Waals surface area contributed by atoms with Gasteiger partial charge in [-0.3, -0.25) is 9.59 Å². The van der Waals surface area contributed by atoms with Gasteiger partial charge in [-0.05, 0) is 48.1 Å². The van der Waals surface area contributed by atoms with Crippen LogP contribution in [0.4, 0.5) is 15.8 Å². The summed E-state index contributed by atoms with van der Waals surface area (Å²) in [6.07, 6.45) is 2.46. The van der Waals surface area contributed by atoms with Gasteiger partial charge in [0.25, 0.3) is 0 Å². The lowest BCUT2D eigenvalue weighted by molar-refractivity contribution is -0.122. The van der Waals surface area contributed by atoms with Crippen molar-refractivity contribution in [3.63, 3.8) is 0 Å². The number of hydrogen-bond acceptors (Lipinski definition) is 2. The number of carbonyl (C=O) groups excluding carboxylic acids is 2. The van der Waals surface area contributed by atoms with E-state index in [-0.39, 0.29) is 23.9 Å². The fourth-order valence-corrected chi connectivity index (χ4v) is 3.17. The summed E-state index contributed by atoms with van der Waals surface area (Å²) in [6.45, 7) is 0. The van der Waals surface area contributed by atoms with Crippen molar-refractivity contribution in [2.24, 2.45) is 0 Å². The molecule has 1 atom stereocenters. The number of anilines is 2. The molecule has 1 saturated carbocycles. The van der Waals surface area contributed by atoms with Crippen LogP contribution >= 0.6 is 0 Å². The zero-order valence-electron chi connectivity index (χ0n) is 13.0. The zero-order valence-corrected chi connectivity index (χ0v) is 13.0. The lowest BCUT2D eigenvalue weighted by atomic mass is 9.96. The van der Waals surface area contributed by atoms with E-state index in [0.717, 1.165) is 0 Å². The first kappa shape index (κ1) is 14.9. The van der Waals surface area contributed by atoms with Crippen molar-refractivity contribution in [2.45, 2.75) is 31.1 Å². The van der Waals surface area contributed by atoms with E-state index in [1.165, 1.54) is 24.5 Å². The third-order valence-corrected chi connectivity index (χ3v) is 4.62. The Labute approximate surface area is 139 Å². The Morgan fingerprint density at radius 2 is 1.92 bits per heavy atom. The minimum Gasteiger partial charge on any atom is -0.326 e. The highest BCUT2D eigenvalue weighted by molar-refractivity contribution is 6.06. The molecule has 2 aromatic carbocycles. The summed E-state index contributed by atoms with van der Waals surface area (Å²) in [7, 11) is 0. The van der Waals surface area contributed by atoms with E-state index in [0.29, 0.717) is 17.2 Å². The molecule has 1 fully saturated rings. The van der Waals surface area contributed by atoms with Crippen LogP contribution in [-0.2, 0) is 9.59 Å². The smallest absolute Gasteiger partial charge is 0.232 e. The molecule has 4 nitrogen and oxygen atoms in total. The molecular weight excluding hydrogens is 307 g/mol. The van der Waals surface area contributed by atoms with Gasteiger partial charge in [0.05, 0.1) is 11.6 Å². The van der Waals surface area contributed by atoms with Gasteiger partial charge in [-0.1, -0.05) is 24.3 Å². The van der Waals surface area contributed by atoms with E-state index in [1.54, 1.807) is 12.1 Å². The fraction of sp³-hybridized carbons (Fsp3) is 0.263. The van der Waals surface area contributed by atoms with Gasteiger partial charge in [0.1, 0.15) is 5.82 Å². The summed E-state index contributed by atoms with van der Waals surface area (Å²) in [5, 5.41) is 5.33. The molecule has 2 N–H and O–H groups in total. The number of rotatable bonds is 4. The van der Waals surface area contributed by atoms with Crippen LogP contribution in [0.1, 0.15) is 42.2 Å². The van der Waals surface area contributed by atoms with Crippen LogP contribution in [0, 0.1) is 5.82 Å². The Morgan fingerprint density at radius 1 is 1.17 bits per heavy atom. The van der Waals surface area contributed by atoms with Gasteiger partial charge in [0.2, 0.25) is 11.8 Å². The van der Waals surface area contributed by atoms with E-state index >= 15 is 0 Å². The molecule has 1 aliphatic heterocycles. The fourth-order valence-electron chi connectivity index (χ4n) is 3.17. The molecule has 0 bridgehead atoms. The number of amides is 2. The lowest BCUT2D eigenvalue weighted by Crippen LogP contribution is -2.20. The van der Waals surface area contributed by atoms with Gasteiger partial charge in [-0.25, -0.2) is 4.39 Å². The van der Waals surface area contributed by atoms with Crippen LogP contribution in [0.15, 0.2) is 42.5 Å². The molecule has 0 aromatic heterocycles. The van der Waals surface area contributed by atoms with Crippen LogP contribution in [0.2, 0.25) is 0 Å². The predicted molar refractivity (Wildman–Crippen MR) is 89.4 cm³/mol. The van der Waals surface area contributed by atoms with E-state index in [1.807, 2.05) is 24.3 Å². The highest BCUT2D eigenvalue weighted by Gasteiger charge is 2.34. The Hall–Kier alpha value is -2.69. The third kappa shape index (κ3) is 2.77. The van der Waals surface area contributed by atoms with Crippen LogP contribution in [0.3, 0.4) is 0 Å². The largest absolute Gasteiger partial charge is 0.326 e. The van der Waals surface area contributed by atoms with E-state index in [2.05, 4.69) is 10.6 Å². The molecule has 24 heavy (non-hydrogen) atoms. The molecule has 0 saturated heterocycles. The van der Waals surface area contributed by atoms with Gasteiger partial charge in [0, 0.05) is 12.1 Å². The number of benzene rings is 2. The molecule has 5 heteroatoms. The number of para-hydroxylation sites is 1. The zero-order chi connectivity index (χ0) is 16.7. The number of halogens is 1. The second-order valence-electron chi connectivity index (χ2n) is 6.39. The second kappa shape index (κ2) is 5.74. The predicted octanol–water partition coefficient (Wildman–Crippen LogP) is 3.77. The monoisotopic (exact) mass is 324 g/mol. The number of hydrogen-bond donors (Lipinski definition) is 2. The van der Waals surface area contributed by atoms with Crippen molar-refractivity contribution < 1.29 is 14.0 Å². The summed E-state index contributed by atoms with van der Waals surface area (Å²) in [5.41, 5.74) is 2.74.